The Balaban J connectivity index is 1.69. The molecule has 2 rings (SSSR count). The fraction of sp³-hybridized carbons (Fsp3) is 0.316. The zero-order valence-corrected chi connectivity index (χ0v) is 14.9. The van der Waals surface area contributed by atoms with Gasteiger partial charge in [0.25, 0.3) is 0 Å². The van der Waals surface area contributed by atoms with E-state index in [1.165, 1.54) is 4.90 Å². The van der Waals surface area contributed by atoms with E-state index >= 15 is 0 Å². The molecule has 0 fully saturated rings. The number of carbonyl (C=O) groups excluding carboxylic acids is 1. The van der Waals surface area contributed by atoms with Crippen LogP contribution < -0.4 is 14.8 Å². The van der Waals surface area contributed by atoms with Gasteiger partial charge in [0.2, 0.25) is 5.91 Å². The first-order valence-electron chi connectivity index (χ1n) is 7.88. The van der Waals surface area contributed by atoms with E-state index in [-0.39, 0.29) is 5.91 Å². The van der Waals surface area contributed by atoms with Gasteiger partial charge in [0, 0.05) is 23.6 Å². The average molecular weight is 345 g/mol. The molecule has 2 aromatic rings. The number of hydrogen-bond acceptors (Lipinski definition) is 4. The van der Waals surface area contributed by atoms with Gasteiger partial charge in [-0.25, -0.2) is 0 Å². The van der Waals surface area contributed by atoms with E-state index in [4.69, 9.17) is 9.47 Å². The van der Waals surface area contributed by atoms with Crippen molar-refractivity contribution >= 4 is 17.7 Å². The number of amides is 1. The summed E-state index contributed by atoms with van der Waals surface area (Å²) < 4.78 is 10.5. The van der Waals surface area contributed by atoms with Gasteiger partial charge < -0.3 is 14.8 Å². The van der Waals surface area contributed by atoms with Crippen LogP contribution in [0.2, 0.25) is 0 Å². The van der Waals surface area contributed by atoms with Crippen molar-refractivity contribution in [2.75, 3.05) is 26.5 Å². The second-order valence-corrected chi connectivity index (χ2v) is 6.37. The van der Waals surface area contributed by atoms with Gasteiger partial charge in [-0.3, -0.25) is 4.79 Å². The molecule has 0 radical (unpaired) electrons. The first-order chi connectivity index (χ1) is 11.7. The molecule has 2 aromatic carbocycles. The van der Waals surface area contributed by atoms with Crippen LogP contribution >= 0.6 is 11.8 Å². The minimum atomic E-state index is 0.0680. The van der Waals surface area contributed by atoms with Gasteiger partial charge in [0.05, 0.1) is 14.2 Å². The van der Waals surface area contributed by atoms with Crippen LogP contribution in [0.4, 0.5) is 0 Å². The van der Waals surface area contributed by atoms with E-state index in [1.54, 1.807) is 26.0 Å². The van der Waals surface area contributed by atoms with Crippen LogP contribution in [0.3, 0.4) is 0 Å². The highest BCUT2D eigenvalue weighted by atomic mass is 32.2. The lowest BCUT2D eigenvalue weighted by atomic mass is 10.1. The fourth-order valence-corrected chi connectivity index (χ4v) is 3.05. The topological polar surface area (TPSA) is 47.6 Å². The number of thioether (sulfide) groups is 1. The minimum Gasteiger partial charge on any atom is -0.493 e. The molecule has 0 aliphatic rings. The van der Waals surface area contributed by atoms with Crippen molar-refractivity contribution in [3.63, 3.8) is 0 Å². The Hall–Kier alpha value is -2.14. The molecule has 0 saturated heterocycles. The molecular weight excluding hydrogens is 322 g/mol. The van der Waals surface area contributed by atoms with Crippen molar-refractivity contribution in [3.8, 4) is 11.5 Å². The third-order valence-electron chi connectivity index (χ3n) is 3.52. The SMILES string of the molecule is COc1ccc(CCC(=O)NCCSc2ccccc2)cc1OC. The largest absolute Gasteiger partial charge is 0.493 e. The van der Waals surface area contributed by atoms with Gasteiger partial charge >= 0.3 is 0 Å². The van der Waals surface area contributed by atoms with Gasteiger partial charge in [-0.2, -0.15) is 0 Å². The molecule has 0 aliphatic heterocycles. The summed E-state index contributed by atoms with van der Waals surface area (Å²) in [6, 6.07) is 15.9. The van der Waals surface area contributed by atoms with Crippen molar-refractivity contribution in [2.45, 2.75) is 17.7 Å². The van der Waals surface area contributed by atoms with E-state index in [0.29, 0.717) is 30.9 Å². The zero-order chi connectivity index (χ0) is 17.2. The number of ether oxygens (including phenoxy) is 2. The number of methoxy groups -OCH3 is 2. The van der Waals surface area contributed by atoms with Crippen LogP contribution in [-0.4, -0.2) is 32.4 Å². The lowest BCUT2D eigenvalue weighted by molar-refractivity contribution is -0.120. The second kappa shape index (κ2) is 9.88. The summed E-state index contributed by atoms with van der Waals surface area (Å²) in [6.45, 7) is 0.671. The molecule has 0 atom stereocenters. The Bertz CT molecular complexity index is 646. The number of hydrogen-bond donors (Lipinski definition) is 1. The summed E-state index contributed by atoms with van der Waals surface area (Å²) in [5.74, 6) is 2.32. The van der Waals surface area contributed by atoms with E-state index in [9.17, 15) is 4.79 Å². The molecular formula is C19H23NO3S. The molecule has 24 heavy (non-hydrogen) atoms. The standard InChI is InChI=1S/C19H23NO3S/c1-22-17-10-8-15(14-18(17)23-2)9-11-19(21)20-12-13-24-16-6-4-3-5-7-16/h3-8,10,14H,9,11-13H2,1-2H3,(H,20,21). The van der Waals surface area contributed by atoms with Gasteiger partial charge in [-0.1, -0.05) is 24.3 Å². The third-order valence-corrected chi connectivity index (χ3v) is 4.54. The van der Waals surface area contributed by atoms with E-state index < -0.39 is 0 Å². The van der Waals surface area contributed by atoms with Crippen molar-refractivity contribution < 1.29 is 14.3 Å². The third kappa shape index (κ3) is 5.81. The smallest absolute Gasteiger partial charge is 0.220 e. The molecule has 1 amide bonds. The summed E-state index contributed by atoms with van der Waals surface area (Å²) in [5, 5.41) is 2.96. The highest BCUT2D eigenvalue weighted by Crippen LogP contribution is 2.27. The Morgan fingerprint density at radius 2 is 1.79 bits per heavy atom. The molecule has 128 valence electrons. The van der Waals surface area contributed by atoms with Gasteiger partial charge in [-0.05, 0) is 36.2 Å². The Morgan fingerprint density at radius 1 is 1.04 bits per heavy atom. The molecule has 0 heterocycles. The van der Waals surface area contributed by atoms with E-state index in [0.717, 1.165) is 11.3 Å². The average Bonchev–Trinajstić information content (AvgIpc) is 2.64. The normalized spacial score (nSPS) is 10.2. The van der Waals surface area contributed by atoms with Crippen LogP contribution in [0.25, 0.3) is 0 Å². The number of nitrogens with one attached hydrogen (secondary N) is 1. The second-order valence-electron chi connectivity index (χ2n) is 5.20. The number of rotatable bonds is 9. The van der Waals surface area contributed by atoms with Crippen LogP contribution in [0.5, 0.6) is 11.5 Å². The molecule has 0 aliphatic carbocycles. The molecule has 0 unspecified atom stereocenters. The molecule has 0 bridgehead atoms. The summed E-state index contributed by atoms with van der Waals surface area (Å²) in [4.78, 5) is 13.1. The predicted octanol–water partition coefficient (Wildman–Crippen LogP) is 3.54. The lowest BCUT2D eigenvalue weighted by Gasteiger charge is -2.09. The molecule has 0 saturated carbocycles. The van der Waals surface area contributed by atoms with Gasteiger partial charge in [0.15, 0.2) is 11.5 Å². The van der Waals surface area contributed by atoms with Gasteiger partial charge in [-0.15, -0.1) is 11.8 Å². The molecule has 5 heteroatoms. The van der Waals surface area contributed by atoms with Crippen molar-refractivity contribution in [1.82, 2.24) is 5.32 Å². The van der Waals surface area contributed by atoms with Gasteiger partial charge in [0.1, 0.15) is 0 Å². The Morgan fingerprint density at radius 3 is 2.50 bits per heavy atom. The minimum absolute atomic E-state index is 0.0680. The maximum Gasteiger partial charge on any atom is 0.220 e. The monoisotopic (exact) mass is 345 g/mol. The zero-order valence-electron chi connectivity index (χ0n) is 14.1. The molecule has 1 N–H and O–H groups in total. The Labute approximate surface area is 147 Å². The summed E-state index contributed by atoms with van der Waals surface area (Å²) >= 11 is 1.74. The maximum absolute atomic E-state index is 11.9. The molecule has 4 nitrogen and oxygen atoms in total. The first-order valence-corrected chi connectivity index (χ1v) is 8.87. The van der Waals surface area contributed by atoms with Crippen molar-refractivity contribution in [1.29, 1.82) is 0 Å². The Kier molecular flexibility index (Phi) is 7.49. The van der Waals surface area contributed by atoms with Crippen molar-refractivity contribution in [2.24, 2.45) is 0 Å². The molecule has 0 spiro atoms. The van der Waals surface area contributed by atoms with Crippen molar-refractivity contribution in [3.05, 3.63) is 54.1 Å². The number of benzene rings is 2. The van der Waals surface area contributed by atoms with Crippen LogP contribution in [-0.2, 0) is 11.2 Å². The predicted molar refractivity (Wildman–Crippen MR) is 98.0 cm³/mol. The van der Waals surface area contributed by atoms with Crippen LogP contribution in [0.1, 0.15) is 12.0 Å². The maximum atomic E-state index is 11.9. The first kappa shape index (κ1) is 18.2. The van der Waals surface area contributed by atoms with E-state index in [2.05, 4.69) is 17.4 Å². The van der Waals surface area contributed by atoms with Crippen LogP contribution in [0, 0.1) is 0 Å². The molecule has 0 aromatic heterocycles. The number of carbonyl (C=O) groups is 1. The number of aryl methyl sites for hydroxylation is 1. The van der Waals surface area contributed by atoms with E-state index in [1.807, 2.05) is 36.4 Å². The lowest BCUT2D eigenvalue weighted by Crippen LogP contribution is -2.25. The highest BCUT2D eigenvalue weighted by molar-refractivity contribution is 7.99. The summed E-state index contributed by atoms with van der Waals surface area (Å²) in [5.41, 5.74) is 1.06. The summed E-state index contributed by atoms with van der Waals surface area (Å²) in [6.07, 6.45) is 1.14. The summed E-state index contributed by atoms with van der Waals surface area (Å²) in [7, 11) is 3.22. The fourth-order valence-electron chi connectivity index (χ4n) is 2.26. The quantitative estimate of drug-likeness (QED) is 0.558. The van der Waals surface area contributed by atoms with Crippen LogP contribution in [0.15, 0.2) is 53.4 Å². The highest BCUT2D eigenvalue weighted by Gasteiger charge is 2.07.